The summed E-state index contributed by atoms with van der Waals surface area (Å²) >= 11 is 0. The molecule has 0 saturated carbocycles. The van der Waals surface area contributed by atoms with E-state index in [-0.39, 0.29) is 6.04 Å². The van der Waals surface area contributed by atoms with E-state index in [1.54, 1.807) is 6.20 Å². The van der Waals surface area contributed by atoms with E-state index in [1.807, 2.05) is 19.2 Å². The minimum atomic E-state index is 0.0131. The van der Waals surface area contributed by atoms with Crippen LogP contribution >= 0.6 is 0 Å². The van der Waals surface area contributed by atoms with Crippen molar-refractivity contribution in [1.82, 2.24) is 10.4 Å². The van der Waals surface area contributed by atoms with Gasteiger partial charge in [-0.15, -0.1) is 0 Å². The summed E-state index contributed by atoms with van der Waals surface area (Å²) in [6, 6.07) is 8.56. The van der Waals surface area contributed by atoms with Crippen LogP contribution in [-0.2, 0) is 6.42 Å². The minimum absolute atomic E-state index is 0.0131. The highest BCUT2D eigenvalue weighted by atomic mass is 16.5. The minimum Gasteiger partial charge on any atom is -0.492 e. The van der Waals surface area contributed by atoms with E-state index >= 15 is 0 Å². The van der Waals surface area contributed by atoms with Crippen LogP contribution in [0.5, 0.6) is 5.75 Å². The molecule has 0 bridgehead atoms. The molecule has 4 nitrogen and oxygen atoms in total. The number of nitrogens with two attached hydrogens (primary N) is 1. The fraction of sp³-hybridized carbons (Fsp3) is 0.353. The topological polar surface area (TPSA) is 60.2 Å². The first-order chi connectivity index (χ1) is 10.1. The molecule has 0 aliphatic rings. The van der Waals surface area contributed by atoms with Crippen molar-refractivity contribution in [2.24, 2.45) is 5.84 Å². The Morgan fingerprint density at radius 3 is 2.48 bits per heavy atom. The van der Waals surface area contributed by atoms with E-state index in [0.29, 0.717) is 6.61 Å². The fourth-order valence-electron chi connectivity index (χ4n) is 2.57. The predicted octanol–water partition coefficient (Wildman–Crippen LogP) is 2.84. The van der Waals surface area contributed by atoms with Crippen LogP contribution in [0.1, 0.15) is 35.2 Å². The molecule has 1 heterocycles. The smallest absolute Gasteiger partial charge is 0.137 e. The van der Waals surface area contributed by atoms with Crippen LogP contribution in [-0.4, -0.2) is 11.6 Å². The number of hydrogen-bond donors (Lipinski definition) is 2. The van der Waals surface area contributed by atoms with Gasteiger partial charge in [0.05, 0.1) is 18.8 Å². The summed E-state index contributed by atoms with van der Waals surface area (Å²) in [6.07, 6.45) is 4.36. The summed E-state index contributed by atoms with van der Waals surface area (Å²) in [6.45, 7) is 6.81. The lowest BCUT2D eigenvalue weighted by Crippen LogP contribution is -2.29. The van der Waals surface area contributed by atoms with Gasteiger partial charge in [-0.1, -0.05) is 29.3 Å². The van der Waals surface area contributed by atoms with Gasteiger partial charge in [0.25, 0.3) is 0 Å². The third-order valence-corrected chi connectivity index (χ3v) is 3.37. The number of pyridine rings is 1. The highest BCUT2D eigenvalue weighted by molar-refractivity contribution is 5.32. The second-order valence-electron chi connectivity index (χ2n) is 5.31. The normalized spacial score (nSPS) is 12.2. The maximum Gasteiger partial charge on any atom is 0.137 e. The van der Waals surface area contributed by atoms with Crippen LogP contribution in [0.15, 0.2) is 36.7 Å². The molecule has 2 rings (SSSR count). The maximum absolute atomic E-state index is 5.73. The van der Waals surface area contributed by atoms with Gasteiger partial charge in [-0.05, 0) is 44.4 Å². The first kappa shape index (κ1) is 15.5. The number of hydrogen-bond acceptors (Lipinski definition) is 4. The van der Waals surface area contributed by atoms with Gasteiger partial charge in [0.1, 0.15) is 5.75 Å². The first-order valence-corrected chi connectivity index (χ1v) is 7.23. The van der Waals surface area contributed by atoms with Gasteiger partial charge in [0.15, 0.2) is 0 Å². The molecule has 1 atom stereocenters. The van der Waals surface area contributed by atoms with E-state index in [1.165, 1.54) is 16.7 Å². The molecule has 1 aromatic carbocycles. The molecule has 21 heavy (non-hydrogen) atoms. The molecule has 4 heteroatoms. The Balaban J connectivity index is 2.21. The molecular formula is C17H23N3O. The molecule has 112 valence electrons. The van der Waals surface area contributed by atoms with E-state index in [4.69, 9.17) is 10.6 Å². The van der Waals surface area contributed by atoms with Crippen molar-refractivity contribution in [1.29, 1.82) is 0 Å². The number of hydrazine groups is 1. The zero-order chi connectivity index (χ0) is 15.2. The lowest BCUT2D eigenvalue weighted by molar-refractivity contribution is 0.338. The van der Waals surface area contributed by atoms with E-state index in [0.717, 1.165) is 17.7 Å². The van der Waals surface area contributed by atoms with Crippen LogP contribution in [0.2, 0.25) is 0 Å². The molecule has 0 aliphatic carbocycles. The van der Waals surface area contributed by atoms with Crippen molar-refractivity contribution < 1.29 is 4.74 Å². The second kappa shape index (κ2) is 7.20. The van der Waals surface area contributed by atoms with E-state index < -0.39 is 0 Å². The third kappa shape index (κ3) is 4.28. The SMILES string of the molecule is CCOc1cncc(C(Cc2cc(C)cc(C)c2)NN)c1. The number of ether oxygens (including phenoxy) is 1. The summed E-state index contributed by atoms with van der Waals surface area (Å²) in [5.74, 6) is 6.51. The van der Waals surface area contributed by atoms with Gasteiger partial charge in [-0.2, -0.15) is 0 Å². The van der Waals surface area contributed by atoms with Crippen molar-refractivity contribution >= 4 is 0 Å². The lowest BCUT2D eigenvalue weighted by Gasteiger charge is -2.17. The number of rotatable bonds is 6. The highest BCUT2D eigenvalue weighted by Gasteiger charge is 2.12. The molecule has 2 aromatic rings. The number of nitrogens with zero attached hydrogens (tertiary/aromatic N) is 1. The Morgan fingerprint density at radius 2 is 1.86 bits per heavy atom. The fourth-order valence-corrected chi connectivity index (χ4v) is 2.57. The van der Waals surface area contributed by atoms with Crippen LogP contribution < -0.4 is 16.0 Å². The Labute approximate surface area is 126 Å². The molecule has 1 aromatic heterocycles. The average molecular weight is 285 g/mol. The van der Waals surface area contributed by atoms with Crippen LogP contribution in [0, 0.1) is 13.8 Å². The third-order valence-electron chi connectivity index (χ3n) is 3.37. The van der Waals surface area contributed by atoms with Crippen LogP contribution in [0.3, 0.4) is 0 Å². The van der Waals surface area contributed by atoms with Crippen molar-refractivity contribution in [2.45, 2.75) is 33.2 Å². The molecule has 0 spiro atoms. The Bertz CT molecular complexity index is 578. The summed E-state index contributed by atoms with van der Waals surface area (Å²) in [5, 5.41) is 0. The Morgan fingerprint density at radius 1 is 1.14 bits per heavy atom. The van der Waals surface area contributed by atoms with Gasteiger partial charge in [-0.25, -0.2) is 0 Å². The summed E-state index contributed by atoms with van der Waals surface area (Å²) in [5.41, 5.74) is 7.70. The lowest BCUT2D eigenvalue weighted by atomic mass is 9.98. The standard InChI is InChI=1S/C17H23N3O/c1-4-21-16-9-15(10-19-11-16)17(20-18)8-14-6-12(2)5-13(3)7-14/h5-7,9-11,17,20H,4,8,18H2,1-3H3. The van der Waals surface area contributed by atoms with Gasteiger partial charge in [0.2, 0.25) is 0 Å². The van der Waals surface area contributed by atoms with Gasteiger partial charge >= 0.3 is 0 Å². The van der Waals surface area contributed by atoms with E-state index in [2.05, 4.69) is 42.5 Å². The van der Waals surface area contributed by atoms with E-state index in [9.17, 15) is 0 Å². The highest BCUT2D eigenvalue weighted by Crippen LogP contribution is 2.22. The molecular weight excluding hydrogens is 262 g/mol. The molecule has 3 N–H and O–H groups in total. The van der Waals surface area contributed by atoms with Crippen LogP contribution in [0.4, 0.5) is 0 Å². The van der Waals surface area contributed by atoms with Crippen LogP contribution in [0.25, 0.3) is 0 Å². The van der Waals surface area contributed by atoms with Crippen molar-refractivity contribution in [2.75, 3.05) is 6.61 Å². The molecule has 0 saturated heterocycles. The summed E-state index contributed by atoms with van der Waals surface area (Å²) in [7, 11) is 0. The zero-order valence-corrected chi connectivity index (χ0v) is 12.9. The predicted molar refractivity (Wildman–Crippen MR) is 85.1 cm³/mol. The Kier molecular flexibility index (Phi) is 5.31. The first-order valence-electron chi connectivity index (χ1n) is 7.23. The summed E-state index contributed by atoms with van der Waals surface area (Å²) in [4.78, 5) is 4.23. The number of aromatic nitrogens is 1. The van der Waals surface area contributed by atoms with Gasteiger partial charge in [0, 0.05) is 6.20 Å². The maximum atomic E-state index is 5.73. The van der Waals surface area contributed by atoms with Crippen molar-refractivity contribution in [3.05, 3.63) is 58.9 Å². The molecule has 1 unspecified atom stereocenters. The monoisotopic (exact) mass is 285 g/mol. The average Bonchev–Trinajstić information content (AvgIpc) is 2.44. The van der Waals surface area contributed by atoms with Crippen molar-refractivity contribution in [3.8, 4) is 5.75 Å². The number of aryl methyl sites for hydroxylation is 2. The van der Waals surface area contributed by atoms with Crippen molar-refractivity contribution in [3.63, 3.8) is 0 Å². The number of nitrogens with one attached hydrogen (secondary N) is 1. The Hall–Kier alpha value is -1.91. The number of benzene rings is 1. The molecule has 0 fully saturated rings. The second-order valence-corrected chi connectivity index (χ2v) is 5.31. The molecule has 0 aliphatic heterocycles. The van der Waals surface area contributed by atoms with Gasteiger partial charge < -0.3 is 4.74 Å². The summed E-state index contributed by atoms with van der Waals surface area (Å²) < 4.78 is 5.50. The van der Waals surface area contributed by atoms with Gasteiger partial charge in [-0.3, -0.25) is 16.3 Å². The molecule has 0 amide bonds. The quantitative estimate of drug-likeness (QED) is 0.633. The zero-order valence-electron chi connectivity index (χ0n) is 12.9. The molecule has 0 radical (unpaired) electrons. The largest absolute Gasteiger partial charge is 0.492 e.